The highest BCUT2D eigenvalue weighted by atomic mass is 16.8. The van der Waals surface area contributed by atoms with Gasteiger partial charge in [0.25, 0.3) is 0 Å². The maximum Gasteiger partial charge on any atom is 0.186 e. The Bertz CT molecular complexity index is 355. The van der Waals surface area contributed by atoms with E-state index in [-0.39, 0.29) is 24.4 Å². The van der Waals surface area contributed by atoms with Gasteiger partial charge < -0.3 is 28.4 Å². The van der Waals surface area contributed by atoms with Gasteiger partial charge in [-0.2, -0.15) is 0 Å². The maximum absolute atomic E-state index is 5.98. The van der Waals surface area contributed by atoms with Gasteiger partial charge in [-0.15, -0.1) is 0 Å². The molecule has 0 N–H and O–H groups in total. The maximum atomic E-state index is 5.98. The second-order valence-corrected chi connectivity index (χ2v) is 6.14. The molecule has 19 heavy (non-hydrogen) atoms. The fourth-order valence-electron chi connectivity index (χ4n) is 3.04. The van der Waals surface area contributed by atoms with Gasteiger partial charge in [-0.1, -0.05) is 0 Å². The van der Waals surface area contributed by atoms with Gasteiger partial charge in [0.15, 0.2) is 17.9 Å². The lowest BCUT2D eigenvalue weighted by molar-refractivity contribution is -0.221. The summed E-state index contributed by atoms with van der Waals surface area (Å²) >= 11 is 0. The third-order valence-electron chi connectivity index (χ3n) is 3.63. The van der Waals surface area contributed by atoms with Crippen molar-refractivity contribution in [3.8, 4) is 0 Å². The quantitative estimate of drug-likeness (QED) is 0.712. The molecule has 0 saturated carbocycles. The summed E-state index contributed by atoms with van der Waals surface area (Å²) in [5.41, 5.74) is 0. The lowest BCUT2D eigenvalue weighted by atomic mass is 10.0. The molecule has 0 aromatic rings. The molecule has 3 fully saturated rings. The van der Waals surface area contributed by atoms with E-state index in [1.807, 2.05) is 27.7 Å². The van der Waals surface area contributed by atoms with Crippen LogP contribution in [0.5, 0.6) is 0 Å². The predicted octanol–water partition coefficient (Wildman–Crippen LogP) is 1.03. The van der Waals surface area contributed by atoms with Crippen molar-refractivity contribution in [2.24, 2.45) is 0 Å². The monoisotopic (exact) mass is 274 g/mol. The molecule has 0 aromatic carbocycles. The van der Waals surface area contributed by atoms with Gasteiger partial charge in [-0.3, -0.25) is 0 Å². The number of ether oxygens (including phenoxy) is 6. The molecule has 0 bridgehead atoms. The highest BCUT2D eigenvalue weighted by Crippen LogP contribution is 2.41. The smallest absolute Gasteiger partial charge is 0.186 e. The topological polar surface area (TPSA) is 55.4 Å². The lowest BCUT2D eigenvalue weighted by Gasteiger charge is -2.25. The van der Waals surface area contributed by atoms with E-state index in [1.165, 1.54) is 0 Å². The molecule has 0 aliphatic carbocycles. The highest BCUT2D eigenvalue weighted by Gasteiger charge is 2.58. The summed E-state index contributed by atoms with van der Waals surface area (Å²) in [5.74, 6) is -1.30. The molecular weight excluding hydrogens is 252 g/mol. The molecule has 0 aromatic heterocycles. The lowest BCUT2D eigenvalue weighted by Crippen LogP contribution is -2.44. The van der Waals surface area contributed by atoms with Crippen molar-refractivity contribution in [3.63, 3.8) is 0 Å². The minimum Gasteiger partial charge on any atom is -0.353 e. The summed E-state index contributed by atoms with van der Waals surface area (Å²) in [6, 6.07) is 0. The first-order chi connectivity index (χ1) is 8.81. The van der Waals surface area contributed by atoms with Crippen LogP contribution in [0.1, 0.15) is 27.7 Å². The summed E-state index contributed by atoms with van der Waals surface area (Å²) in [5, 5.41) is 0. The van der Waals surface area contributed by atoms with Crippen LogP contribution in [0.2, 0.25) is 0 Å². The Morgan fingerprint density at radius 2 is 1.42 bits per heavy atom. The Hall–Kier alpha value is -0.240. The van der Waals surface area contributed by atoms with E-state index in [9.17, 15) is 0 Å². The Morgan fingerprint density at radius 1 is 0.842 bits per heavy atom. The van der Waals surface area contributed by atoms with Crippen LogP contribution in [0.15, 0.2) is 0 Å². The summed E-state index contributed by atoms with van der Waals surface area (Å²) in [7, 11) is 1.60. The third kappa shape index (κ3) is 2.41. The van der Waals surface area contributed by atoms with Crippen LogP contribution in [0.4, 0.5) is 0 Å². The van der Waals surface area contributed by atoms with E-state index >= 15 is 0 Å². The predicted molar refractivity (Wildman–Crippen MR) is 64.4 cm³/mol. The fourth-order valence-corrected chi connectivity index (χ4v) is 3.04. The van der Waals surface area contributed by atoms with Gasteiger partial charge in [0.2, 0.25) is 0 Å². The van der Waals surface area contributed by atoms with Gasteiger partial charge in [0.1, 0.15) is 24.4 Å². The van der Waals surface area contributed by atoms with E-state index in [0.29, 0.717) is 6.61 Å². The zero-order valence-electron chi connectivity index (χ0n) is 12.0. The Labute approximate surface area is 113 Å². The largest absolute Gasteiger partial charge is 0.353 e. The first-order valence-electron chi connectivity index (χ1n) is 6.67. The van der Waals surface area contributed by atoms with E-state index in [1.54, 1.807) is 7.11 Å². The summed E-state index contributed by atoms with van der Waals surface area (Å²) in [4.78, 5) is 0. The molecule has 5 atom stereocenters. The second-order valence-electron chi connectivity index (χ2n) is 6.14. The fraction of sp³-hybridized carbons (Fsp3) is 1.00. The summed E-state index contributed by atoms with van der Waals surface area (Å²) in [6.07, 6.45) is -1.41. The SMILES string of the molecule is CO[C@@H]1OC[C@@H]2OC(C)(C)O[C@H]2[C@@H]2OC(C)(C)O[C@@H]12. The molecule has 0 amide bonds. The average Bonchev–Trinajstić information content (AvgIpc) is 2.73. The number of rotatable bonds is 1. The van der Waals surface area contributed by atoms with Crippen LogP contribution in [-0.4, -0.2) is 56.0 Å². The molecule has 0 unspecified atom stereocenters. The number of hydrogen-bond donors (Lipinski definition) is 0. The van der Waals surface area contributed by atoms with Crippen molar-refractivity contribution >= 4 is 0 Å². The van der Waals surface area contributed by atoms with Gasteiger partial charge in [-0.05, 0) is 27.7 Å². The Balaban J connectivity index is 1.87. The zero-order chi connectivity index (χ0) is 13.8. The number of hydrogen-bond acceptors (Lipinski definition) is 6. The van der Waals surface area contributed by atoms with Crippen molar-refractivity contribution in [1.82, 2.24) is 0 Å². The summed E-state index contributed by atoms with van der Waals surface area (Å²) in [6.45, 7) is 7.96. The molecule has 3 heterocycles. The van der Waals surface area contributed by atoms with Crippen LogP contribution < -0.4 is 0 Å². The van der Waals surface area contributed by atoms with Gasteiger partial charge in [-0.25, -0.2) is 0 Å². The van der Waals surface area contributed by atoms with Crippen molar-refractivity contribution in [2.45, 2.75) is 70.0 Å². The number of methoxy groups -OCH3 is 1. The molecule has 3 aliphatic rings. The standard InChI is InChI=1S/C13H22O6/c1-12(2)16-7-6-15-11(14-5)10-9(8(7)17-12)18-13(3,4)19-10/h7-11H,6H2,1-5H3/t7-,8+,9-,10+,11+/m0/s1. The molecule has 6 heteroatoms. The van der Waals surface area contributed by atoms with Gasteiger partial charge >= 0.3 is 0 Å². The first kappa shape index (κ1) is 13.7. The second kappa shape index (κ2) is 4.38. The minimum absolute atomic E-state index is 0.167. The molecular formula is C13H22O6. The normalized spacial score (nSPS) is 47.5. The van der Waals surface area contributed by atoms with Crippen LogP contribution in [0, 0.1) is 0 Å². The van der Waals surface area contributed by atoms with Crippen LogP contribution in [0.3, 0.4) is 0 Å². The van der Waals surface area contributed by atoms with E-state index in [0.717, 1.165) is 0 Å². The molecule has 0 spiro atoms. The van der Waals surface area contributed by atoms with Gasteiger partial charge in [0.05, 0.1) is 6.61 Å². The number of fused-ring (bicyclic) bond motifs is 3. The van der Waals surface area contributed by atoms with Crippen molar-refractivity contribution in [1.29, 1.82) is 0 Å². The average molecular weight is 274 g/mol. The molecule has 6 nitrogen and oxygen atoms in total. The van der Waals surface area contributed by atoms with E-state index in [4.69, 9.17) is 28.4 Å². The minimum atomic E-state index is -0.673. The Kier molecular flexibility index (Phi) is 3.16. The molecule has 110 valence electrons. The van der Waals surface area contributed by atoms with Crippen LogP contribution in [-0.2, 0) is 28.4 Å². The zero-order valence-corrected chi connectivity index (χ0v) is 12.0. The Morgan fingerprint density at radius 3 is 2.11 bits per heavy atom. The van der Waals surface area contributed by atoms with Crippen molar-refractivity contribution < 1.29 is 28.4 Å². The van der Waals surface area contributed by atoms with Crippen molar-refractivity contribution in [2.75, 3.05) is 13.7 Å². The molecule has 3 saturated heterocycles. The molecule has 3 aliphatic heterocycles. The highest BCUT2D eigenvalue weighted by molar-refractivity contribution is 4.98. The van der Waals surface area contributed by atoms with E-state index < -0.39 is 17.9 Å². The molecule has 3 rings (SSSR count). The summed E-state index contributed by atoms with van der Waals surface area (Å²) < 4.78 is 34.8. The first-order valence-corrected chi connectivity index (χ1v) is 6.67. The van der Waals surface area contributed by atoms with Crippen molar-refractivity contribution in [3.05, 3.63) is 0 Å². The van der Waals surface area contributed by atoms with Gasteiger partial charge in [0, 0.05) is 7.11 Å². The third-order valence-corrected chi connectivity index (χ3v) is 3.63. The van der Waals surface area contributed by atoms with Crippen LogP contribution in [0.25, 0.3) is 0 Å². The van der Waals surface area contributed by atoms with E-state index in [2.05, 4.69) is 0 Å². The molecule has 0 radical (unpaired) electrons. The van der Waals surface area contributed by atoms with Crippen LogP contribution >= 0.6 is 0 Å².